The summed E-state index contributed by atoms with van der Waals surface area (Å²) in [5.74, 6) is 0.0287. The Kier molecular flexibility index (Phi) is 5.60. The third-order valence-electron chi connectivity index (χ3n) is 3.46. The minimum Gasteiger partial charge on any atom is -0.379 e. The number of hydrogen-bond donors (Lipinski definition) is 1. The van der Waals surface area contributed by atoms with E-state index in [2.05, 4.69) is 5.32 Å². The van der Waals surface area contributed by atoms with Gasteiger partial charge in [0.2, 0.25) is 5.91 Å². The Balaban J connectivity index is 2.03. The maximum Gasteiger partial charge on any atom is 0.338 e. The second kappa shape index (κ2) is 7.46. The molecule has 1 aromatic rings. The van der Waals surface area contributed by atoms with Crippen LogP contribution in [0.5, 0.6) is 5.75 Å². The van der Waals surface area contributed by atoms with Gasteiger partial charge < -0.3 is 9.50 Å². The predicted octanol–water partition coefficient (Wildman–Crippen LogP) is 2.83. The number of hydrogen-bond acceptors (Lipinski definition) is 4. The first kappa shape index (κ1) is 17.3. The highest BCUT2D eigenvalue weighted by atomic mass is 32.2. The Bertz CT molecular complexity index is 730. The summed E-state index contributed by atoms with van der Waals surface area (Å²) in [6.07, 6.45) is 5.06. The van der Waals surface area contributed by atoms with Crippen molar-refractivity contribution < 1.29 is 17.4 Å². The van der Waals surface area contributed by atoms with Gasteiger partial charge in [0.25, 0.3) is 0 Å². The monoisotopic (exact) mass is 335 g/mol. The summed E-state index contributed by atoms with van der Waals surface area (Å²) in [5, 5.41) is 2.78. The number of unbranched alkanes of at least 4 members (excludes halogenated alkanes) is 1. The largest absolute Gasteiger partial charge is 0.379 e. The van der Waals surface area contributed by atoms with Crippen LogP contribution in [-0.4, -0.2) is 20.9 Å². The highest BCUT2D eigenvalue weighted by Crippen LogP contribution is 2.25. The summed E-state index contributed by atoms with van der Waals surface area (Å²) < 4.78 is 29.6. The molecule has 0 heterocycles. The third-order valence-corrected chi connectivity index (χ3v) is 4.74. The lowest BCUT2D eigenvalue weighted by Gasteiger charge is -2.06. The number of benzene rings is 1. The number of rotatable bonds is 7. The molecule has 1 aliphatic rings. The molecule has 1 N–H and O–H groups in total. The second-order valence-electron chi connectivity index (χ2n) is 5.44. The van der Waals surface area contributed by atoms with Gasteiger partial charge in [-0.05, 0) is 38.0 Å². The Labute approximate surface area is 137 Å². The molecule has 0 radical (unpaired) electrons. The van der Waals surface area contributed by atoms with Crippen molar-refractivity contribution in [1.29, 1.82) is 0 Å². The van der Waals surface area contributed by atoms with Gasteiger partial charge in [0.15, 0.2) is 0 Å². The van der Waals surface area contributed by atoms with Crippen LogP contribution in [0.15, 0.2) is 46.9 Å². The Morgan fingerprint density at radius 2 is 1.96 bits per heavy atom. The number of aryl methyl sites for hydroxylation is 1. The molecule has 124 valence electrons. The van der Waals surface area contributed by atoms with Crippen molar-refractivity contribution in [1.82, 2.24) is 5.32 Å². The van der Waals surface area contributed by atoms with Crippen molar-refractivity contribution in [2.24, 2.45) is 0 Å². The van der Waals surface area contributed by atoms with Gasteiger partial charge in [-0.25, -0.2) is 0 Å². The van der Waals surface area contributed by atoms with Crippen LogP contribution >= 0.6 is 0 Å². The van der Waals surface area contributed by atoms with Gasteiger partial charge in [-0.3, -0.25) is 4.79 Å². The molecular weight excluding hydrogens is 314 g/mol. The number of allylic oxidation sites excluding steroid dienone is 2. The maximum absolute atomic E-state index is 12.2. The van der Waals surface area contributed by atoms with Crippen molar-refractivity contribution in [3.05, 3.63) is 52.5 Å². The molecule has 0 bridgehead atoms. The first-order chi connectivity index (χ1) is 10.9. The van der Waals surface area contributed by atoms with Crippen molar-refractivity contribution in [3.63, 3.8) is 0 Å². The van der Waals surface area contributed by atoms with E-state index < -0.39 is 10.1 Å². The molecule has 0 saturated heterocycles. The topological polar surface area (TPSA) is 72.5 Å². The smallest absolute Gasteiger partial charge is 0.338 e. The number of carbonyl (C=O) groups is 1. The fraction of sp³-hybridized carbons (Fsp3) is 0.353. The molecule has 0 fully saturated rings. The van der Waals surface area contributed by atoms with Gasteiger partial charge in [-0.15, -0.1) is 0 Å². The first-order valence-electron chi connectivity index (χ1n) is 7.62. The highest BCUT2D eigenvalue weighted by Gasteiger charge is 2.24. The van der Waals surface area contributed by atoms with Crippen molar-refractivity contribution in [2.75, 3.05) is 6.54 Å². The van der Waals surface area contributed by atoms with Crippen molar-refractivity contribution in [2.45, 2.75) is 33.1 Å². The van der Waals surface area contributed by atoms with Crippen molar-refractivity contribution >= 4 is 16.0 Å². The minimum absolute atomic E-state index is 0.0266. The molecule has 1 amide bonds. The first-order valence-corrected chi connectivity index (χ1v) is 9.03. The van der Waals surface area contributed by atoms with E-state index in [-0.39, 0.29) is 16.6 Å². The molecular formula is C17H21NO4S. The fourth-order valence-corrected chi connectivity index (χ4v) is 3.13. The second-order valence-corrected chi connectivity index (χ2v) is 6.99. The normalized spacial score (nSPS) is 14.2. The van der Waals surface area contributed by atoms with E-state index >= 15 is 0 Å². The van der Waals surface area contributed by atoms with Crippen molar-refractivity contribution in [3.8, 4) is 5.75 Å². The lowest BCUT2D eigenvalue weighted by atomic mass is 10.2. The van der Waals surface area contributed by atoms with Crippen LogP contribution in [0.25, 0.3) is 0 Å². The zero-order valence-corrected chi connectivity index (χ0v) is 14.2. The van der Waals surface area contributed by atoms with Gasteiger partial charge in [0.05, 0.1) is 0 Å². The van der Waals surface area contributed by atoms with Crippen LogP contribution < -0.4 is 9.50 Å². The SMILES string of the molecule is CCCCNC(=O)C1=CC(S(=O)(=O)Oc2ccc(C)cc2)=CC1. The predicted molar refractivity (Wildman–Crippen MR) is 89.4 cm³/mol. The molecule has 1 aliphatic carbocycles. The third kappa shape index (κ3) is 4.69. The van der Waals surface area contributed by atoms with Crippen LogP contribution in [0.4, 0.5) is 0 Å². The van der Waals surface area contributed by atoms with E-state index in [4.69, 9.17) is 4.18 Å². The summed E-state index contributed by atoms with van der Waals surface area (Å²) >= 11 is 0. The minimum atomic E-state index is -3.91. The van der Waals surface area contributed by atoms with Crippen LogP contribution in [-0.2, 0) is 14.9 Å². The Morgan fingerprint density at radius 1 is 1.26 bits per heavy atom. The van der Waals surface area contributed by atoms with Crippen LogP contribution in [0.3, 0.4) is 0 Å². The van der Waals surface area contributed by atoms with Crippen LogP contribution in [0.2, 0.25) is 0 Å². The van der Waals surface area contributed by atoms with Gasteiger partial charge >= 0.3 is 10.1 Å². The standard InChI is InChI=1S/C17H21NO4S/c1-3-4-11-18-17(19)14-7-10-16(12-14)23(20,21)22-15-8-5-13(2)6-9-15/h5-6,8-10,12H,3-4,7,11H2,1-2H3,(H,18,19). The average molecular weight is 335 g/mol. The molecule has 23 heavy (non-hydrogen) atoms. The highest BCUT2D eigenvalue weighted by molar-refractivity contribution is 7.91. The molecule has 6 heteroatoms. The molecule has 0 aromatic heterocycles. The van der Waals surface area contributed by atoms with E-state index in [1.807, 2.05) is 13.8 Å². The van der Waals surface area contributed by atoms with E-state index in [1.165, 1.54) is 12.2 Å². The van der Waals surface area contributed by atoms with E-state index in [1.54, 1.807) is 24.3 Å². The molecule has 0 saturated carbocycles. The zero-order chi connectivity index (χ0) is 16.9. The molecule has 0 atom stereocenters. The summed E-state index contributed by atoms with van der Waals surface area (Å²) in [4.78, 5) is 12.0. The van der Waals surface area contributed by atoms with Crippen LogP contribution in [0.1, 0.15) is 31.7 Å². The molecule has 0 aliphatic heterocycles. The van der Waals surface area contributed by atoms with E-state index in [0.29, 0.717) is 18.5 Å². The fourth-order valence-electron chi connectivity index (χ4n) is 2.09. The molecule has 2 rings (SSSR count). The van der Waals surface area contributed by atoms with E-state index in [0.717, 1.165) is 18.4 Å². The lowest BCUT2D eigenvalue weighted by Crippen LogP contribution is -2.25. The maximum atomic E-state index is 12.2. The van der Waals surface area contributed by atoms with E-state index in [9.17, 15) is 13.2 Å². The van der Waals surface area contributed by atoms with Gasteiger partial charge in [-0.2, -0.15) is 8.42 Å². The quantitative estimate of drug-likeness (QED) is 0.614. The number of nitrogens with one attached hydrogen (secondary N) is 1. The lowest BCUT2D eigenvalue weighted by molar-refractivity contribution is -0.117. The average Bonchev–Trinajstić information content (AvgIpc) is 3.00. The molecule has 0 spiro atoms. The molecule has 5 nitrogen and oxygen atoms in total. The van der Waals surface area contributed by atoms with Crippen LogP contribution in [0, 0.1) is 6.92 Å². The summed E-state index contributed by atoms with van der Waals surface area (Å²) in [6.45, 7) is 4.54. The van der Waals surface area contributed by atoms with Gasteiger partial charge in [0.1, 0.15) is 10.7 Å². The molecule has 1 aromatic carbocycles. The summed E-state index contributed by atoms with van der Waals surface area (Å²) in [6, 6.07) is 6.75. The number of amides is 1. The summed E-state index contributed by atoms with van der Waals surface area (Å²) in [7, 11) is -3.91. The Hall–Kier alpha value is -2.08. The van der Waals surface area contributed by atoms with Gasteiger partial charge in [-0.1, -0.05) is 37.1 Å². The zero-order valence-electron chi connectivity index (χ0n) is 13.3. The Morgan fingerprint density at radius 3 is 2.61 bits per heavy atom. The van der Waals surface area contributed by atoms with Gasteiger partial charge in [0, 0.05) is 12.1 Å². The molecule has 0 unspecified atom stereocenters. The number of carbonyl (C=O) groups excluding carboxylic acids is 1. The summed E-state index contributed by atoms with van der Waals surface area (Å²) in [5.41, 5.74) is 1.45.